The van der Waals surface area contributed by atoms with Crippen molar-refractivity contribution in [1.82, 2.24) is 4.98 Å². The number of hydrogen-bond acceptors (Lipinski definition) is 5. The number of esters is 1. The van der Waals surface area contributed by atoms with Crippen molar-refractivity contribution >= 4 is 39.1 Å². The van der Waals surface area contributed by atoms with Crippen molar-refractivity contribution in [1.29, 1.82) is 0 Å². The van der Waals surface area contributed by atoms with Gasteiger partial charge in [-0.3, -0.25) is 4.79 Å². The molecular weight excluding hydrogens is 480 g/mol. The molecule has 0 spiro atoms. The van der Waals surface area contributed by atoms with Crippen LogP contribution in [0, 0.1) is 5.92 Å². The van der Waals surface area contributed by atoms with Crippen LogP contribution >= 0.6 is 11.3 Å². The lowest BCUT2D eigenvalue weighted by molar-refractivity contribution is 0.0378. The highest BCUT2D eigenvalue weighted by Crippen LogP contribution is 2.40. The van der Waals surface area contributed by atoms with Crippen LogP contribution in [0.15, 0.2) is 54.6 Å². The molecule has 2 aromatic heterocycles. The van der Waals surface area contributed by atoms with Crippen LogP contribution in [-0.2, 0) is 24.0 Å². The normalized spacial score (nSPS) is 15.0. The zero-order chi connectivity index (χ0) is 26.1. The fourth-order valence-electron chi connectivity index (χ4n) is 4.92. The third-order valence-corrected chi connectivity index (χ3v) is 8.07. The van der Waals surface area contributed by atoms with Gasteiger partial charge in [-0.2, -0.15) is 0 Å². The highest BCUT2D eigenvalue weighted by Gasteiger charge is 2.30. The van der Waals surface area contributed by atoms with Crippen molar-refractivity contribution in [2.75, 3.05) is 5.32 Å². The third kappa shape index (κ3) is 5.16. The number of benzene rings is 2. The van der Waals surface area contributed by atoms with E-state index in [1.807, 2.05) is 56.3 Å². The molecule has 0 bridgehead atoms. The summed E-state index contributed by atoms with van der Waals surface area (Å²) in [5.41, 5.74) is 5.78. The Bertz CT molecular complexity index is 1470. The molecule has 6 heteroatoms. The van der Waals surface area contributed by atoms with Crippen molar-refractivity contribution in [3.05, 3.63) is 81.7 Å². The van der Waals surface area contributed by atoms with Gasteiger partial charge in [-0.1, -0.05) is 56.3 Å². The first-order valence-electron chi connectivity index (χ1n) is 13.0. The lowest BCUT2D eigenvalue weighted by Gasteiger charge is -2.19. The lowest BCUT2D eigenvalue weighted by atomic mass is 9.88. The first-order valence-corrected chi connectivity index (χ1v) is 13.8. The lowest BCUT2D eigenvalue weighted by Crippen LogP contribution is -2.19. The summed E-state index contributed by atoms with van der Waals surface area (Å²) in [6.07, 6.45) is 3.48. The number of carbonyl (C=O) groups is 2. The molecular formula is C31H32N2O3S. The molecule has 1 aliphatic rings. The molecule has 5 rings (SSSR count). The first kappa shape index (κ1) is 25.2. The fourth-order valence-corrected chi connectivity index (χ4v) is 6.31. The van der Waals surface area contributed by atoms with Crippen LogP contribution in [0.25, 0.3) is 22.2 Å². The summed E-state index contributed by atoms with van der Waals surface area (Å²) < 4.78 is 5.59. The Morgan fingerprint density at radius 3 is 2.62 bits per heavy atom. The molecule has 0 radical (unpaired) electrons. The van der Waals surface area contributed by atoms with Crippen LogP contribution in [0.3, 0.4) is 0 Å². The Kier molecular flexibility index (Phi) is 7.11. The molecule has 0 fully saturated rings. The molecule has 190 valence electrons. The molecule has 0 saturated carbocycles. The monoisotopic (exact) mass is 512 g/mol. The number of pyridine rings is 1. The quantitative estimate of drug-likeness (QED) is 0.272. The number of fused-ring (bicyclic) bond motifs is 2. The molecule has 4 aromatic rings. The zero-order valence-corrected chi connectivity index (χ0v) is 22.6. The van der Waals surface area contributed by atoms with E-state index < -0.39 is 0 Å². The summed E-state index contributed by atoms with van der Waals surface area (Å²) in [5.74, 6) is -0.0709. The number of anilines is 1. The highest BCUT2D eigenvalue weighted by atomic mass is 32.1. The second-order valence-corrected chi connectivity index (χ2v) is 11.2. The Morgan fingerprint density at radius 1 is 1.14 bits per heavy atom. The summed E-state index contributed by atoms with van der Waals surface area (Å²) in [6, 6.07) is 17.8. The summed E-state index contributed by atoms with van der Waals surface area (Å²) in [5, 5.41) is 4.44. The number of carbonyl (C=O) groups excluding carboxylic acids is 2. The van der Waals surface area contributed by atoms with E-state index in [4.69, 9.17) is 9.72 Å². The SMILES string of the molecule is CCc1ccc(-c2cc(C(=O)Nc3sc4c(c3C(=O)OC(C)C)CCC(C)C4)c3ccccc3n2)cc1. The Balaban J connectivity index is 1.56. The minimum Gasteiger partial charge on any atom is -0.459 e. The minimum absolute atomic E-state index is 0.236. The topological polar surface area (TPSA) is 68.3 Å². The van der Waals surface area contributed by atoms with Crippen molar-refractivity contribution in [2.45, 2.75) is 59.5 Å². The molecule has 1 atom stereocenters. The number of ether oxygens (including phenoxy) is 1. The van der Waals surface area contributed by atoms with Crippen molar-refractivity contribution in [3.8, 4) is 11.3 Å². The van der Waals surface area contributed by atoms with Gasteiger partial charge < -0.3 is 10.1 Å². The van der Waals surface area contributed by atoms with Crippen molar-refractivity contribution in [2.24, 2.45) is 5.92 Å². The second kappa shape index (κ2) is 10.5. The van der Waals surface area contributed by atoms with E-state index >= 15 is 0 Å². The largest absolute Gasteiger partial charge is 0.459 e. The number of aryl methyl sites for hydroxylation is 1. The summed E-state index contributed by atoms with van der Waals surface area (Å²) in [7, 11) is 0. The molecule has 1 unspecified atom stereocenters. The number of amides is 1. The number of nitrogens with zero attached hydrogens (tertiary/aromatic N) is 1. The predicted octanol–water partition coefficient (Wildman–Crippen LogP) is 7.47. The van der Waals surface area contributed by atoms with E-state index in [-0.39, 0.29) is 18.0 Å². The van der Waals surface area contributed by atoms with Gasteiger partial charge >= 0.3 is 5.97 Å². The number of para-hydroxylation sites is 1. The van der Waals surface area contributed by atoms with Gasteiger partial charge in [-0.15, -0.1) is 11.3 Å². The number of thiophene rings is 1. The number of nitrogens with one attached hydrogen (secondary N) is 1. The van der Waals surface area contributed by atoms with Gasteiger partial charge in [0.25, 0.3) is 5.91 Å². The maximum atomic E-state index is 13.8. The van der Waals surface area contributed by atoms with Gasteiger partial charge in [0.05, 0.1) is 28.4 Å². The van der Waals surface area contributed by atoms with Crippen LogP contribution in [0.5, 0.6) is 0 Å². The molecule has 1 N–H and O–H groups in total. The molecule has 2 aromatic carbocycles. The van der Waals surface area contributed by atoms with E-state index in [2.05, 4.69) is 31.3 Å². The second-order valence-electron chi connectivity index (χ2n) is 10.1. The van der Waals surface area contributed by atoms with Crippen LogP contribution in [0.2, 0.25) is 0 Å². The molecule has 5 nitrogen and oxygen atoms in total. The van der Waals surface area contributed by atoms with Crippen LogP contribution in [0.1, 0.15) is 70.8 Å². The van der Waals surface area contributed by atoms with Crippen LogP contribution < -0.4 is 5.32 Å². The maximum absolute atomic E-state index is 13.8. The Morgan fingerprint density at radius 2 is 1.89 bits per heavy atom. The first-order chi connectivity index (χ1) is 17.8. The average molecular weight is 513 g/mol. The van der Waals surface area contributed by atoms with Gasteiger partial charge in [0, 0.05) is 15.8 Å². The molecule has 0 saturated heterocycles. The predicted molar refractivity (Wildman–Crippen MR) is 151 cm³/mol. The third-order valence-electron chi connectivity index (χ3n) is 6.90. The van der Waals surface area contributed by atoms with Crippen molar-refractivity contribution < 1.29 is 14.3 Å². The van der Waals surface area contributed by atoms with E-state index in [1.165, 1.54) is 21.8 Å². The van der Waals surface area contributed by atoms with Crippen LogP contribution in [-0.4, -0.2) is 23.0 Å². The summed E-state index contributed by atoms with van der Waals surface area (Å²) >= 11 is 1.51. The molecule has 0 aliphatic heterocycles. The maximum Gasteiger partial charge on any atom is 0.341 e. The van der Waals surface area contributed by atoms with Gasteiger partial charge in [-0.25, -0.2) is 9.78 Å². The van der Waals surface area contributed by atoms with E-state index in [1.54, 1.807) is 0 Å². The Labute approximate surface area is 221 Å². The van der Waals surface area contributed by atoms with Gasteiger partial charge in [0.15, 0.2) is 0 Å². The van der Waals surface area contributed by atoms with Crippen molar-refractivity contribution in [3.63, 3.8) is 0 Å². The zero-order valence-electron chi connectivity index (χ0n) is 21.8. The summed E-state index contributed by atoms with van der Waals surface area (Å²) in [6.45, 7) is 8.04. The fraction of sp³-hybridized carbons (Fsp3) is 0.323. The number of hydrogen-bond donors (Lipinski definition) is 1. The summed E-state index contributed by atoms with van der Waals surface area (Å²) in [4.78, 5) is 32.9. The Hall–Kier alpha value is -3.51. The van der Waals surface area contributed by atoms with Crippen LogP contribution in [0.4, 0.5) is 5.00 Å². The van der Waals surface area contributed by atoms with E-state index in [0.29, 0.717) is 22.0 Å². The number of rotatable bonds is 6. The smallest absolute Gasteiger partial charge is 0.341 e. The van der Waals surface area contributed by atoms with E-state index in [9.17, 15) is 9.59 Å². The van der Waals surface area contributed by atoms with Gasteiger partial charge in [0.2, 0.25) is 0 Å². The van der Waals surface area contributed by atoms with Gasteiger partial charge in [-0.05, 0) is 68.7 Å². The standard InChI is InChI=1S/C31H32N2O3S/c1-5-20-11-13-21(14-12-20)26-17-24(22-8-6-7-9-25(22)32-26)29(34)33-30-28(31(35)36-18(2)3)23-15-10-19(4)16-27(23)37-30/h6-9,11-14,17-19H,5,10,15-16H2,1-4H3,(H,33,34). The van der Waals surface area contributed by atoms with Gasteiger partial charge in [0.1, 0.15) is 5.00 Å². The average Bonchev–Trinajstić information content (AvgIpc) is 3.24. The molecule has 1 aliphatic carbocycles. The molecule has 37 heavy (non-hydrogen) atoms. The molecule has 1 amide bonds. The molecule has 2 heterocycles. The minimum atomic E-state index is -0.367. The van der Waals surface area contributed by atoms with E-state index in [0.717, 1.165) is 53.4 Å². The highest BCUT2D eigenvalue weighted by molar-refractivity contribution is 7.17. The number of aromatic nitrogens is 1.